The highest BCUT2D eigenvalue weighted by Gasteiger charge is 2.17. The van der Waals surface area contributed by atoms with Crippen molar-refractivity contribution in [2.45, 2.75) is 52.1 Å². The second kappa shape index (κ2) is 7.43. The zero-order valence-corrected chi connectivity index (χ0v) is 12.6. The number of rotatable bonds is 7. The zero-order chi connectivity index (χ0) is 14.4. The fourth-order valence-corrected chi connectivity index (χ4v) is 2.62. The molecule has 1 aliphatic heterocycles. The third-order valence-electron chi connectivity index (χ3n) is 4.02. The van der Waals surface area contributed by atoms with Gasteiger partial charge in [-0.25, -0.2) is 4.98 Å². The number of amides is 1. The highest BCUT2D eigenvalue weighted by molar-refractivity contribution is 5.76. The SMILES string of the molecule is Cc1nccn1CC[C@H](C)NCCN1CCCCC1=O. The van der Waals surface area contributed by atoms with Gasteiger partial charge in [0, 0.05) is 51.0 Å². The molecule has 1 fully saturated rings. The molecule has 112 valence electrons. The molecule has 0 unspecified atom stereocenters. The lowest BCUT2D eigenvalue weighted by atomic mass is 10.1. The van der Waals surface area contributed by atoms with E-state index in [-0.39, 0.29) is 0 Å². The van der Waals surface area contributed by atoms with E-state index in [1.54, 1.807) is 0 Å². The van der Waals surface area contributed by atoms with Crippen molar-refractivity contribution in [1.82, 2.24) is 19.8 Å². The summed E-state index contributed by atoms with van der Waals surface area (Å²) in [6, 6.07) is 0.455. The molecule has 1 aliphatic rings. The molecule has 2 rings (SSSR count). The number of nitrogens with one attached hydrogen (secondary N) is 1. The van der Waals surface area contributed by atoms with Crippen LogP contribution in [0.15, 0.2) is 12.4 Å². The van der Waals surface area contributed by atoms with Gasteiger partial charge < -0.3 is 14.8 Å². The summed E-state index contributed by atoms with van der Waals surface area (Å²) in [4.78, 5) is 17.9. The number of piperidine rings is 1. The Hall–Kier alpha value is -1.36. The minimum Gasteiger partial charge on any atom is -0.341 e. The molecule has 1 atom stereocenters. The molecule has 1 aromatic heterocycles. The Morgan fingerprint density at radius 3 is 2.95 bits per heavy atom. The van der Waals surface area contributed by atoms with Crippen LogP contribution < -0.4 is 5.32 Å². The largest absolute Gasteiger partial charge is 0.341 e. The number of aryl methyl sites for hydroxylation is 2. The summed E-state index contributed by atoms with van der Waals surface area (Å²) in [5.41, 5.74) is 0. The van der Waals surface area contributed by atoms with Crippen LogP contribution in [-0.4, -0.2) is 46.0 Å². The summed E-state index contributed by atoms with van der Waals surface area (Å²) in [7, 11) is 0. The second-order valence-corrected chi connectivity index (χ2v) is 5.65. The number of imidazole rings is 1. The van der Waals surface area contributed by atoms with E-state index in [1.165, 1.54) is 0 Å². The summed E-state index contributed by atoms with van der Waals surface area (Å²) in [5, 5.41) is 3.50. The Morgan fingerprint density at radius 1 is 1.40 bits per heavy atom. The van der Waals surface area contributed by atoms with Gasteiger partial charge in [-0.15, -0.1) is 0 Å². The lowest BCUT2D eigenvalue weighted by molar-refractivity contribution is -0.133. The summed E-state index contributed by atoms with van der Waals surface area (Å²) < 4.78 is 2.17. The predicted molar refractivity (Wildman–Crippen MR) is 79.5 cm³/mol. The number of hydrogen-bond acceptors (Lipinski definition) is 3. The van der Waals surface area contributed by atoms with Crippen molar-refractivity contribution in [3.63, 3.8) is 0 Å². The van der Waals surface area contributed by atoms with Gasteiger partial charge in [-0.3, -0.25) is 4.79 Å². The molecule has 1 amide bonds. The Morgan fingerprint density at radius 2 is 2.25 bits per heavy atom. The van der Waals surface area contributed by atoms with Crippen molar-refractivity contribution in [2.24, 2.45) is 0 Å². The molecule has 1 saturated heterocycles. The quantitative estimate of drug-likeness (QED) is 0.823. The highest BCUT2D eigenvalue weighted by Crippen LogP contribution is 2.09. The van der Waals surface area contributed by atoms with E-state index in [1.807, 2.05) is 24.2 Å². The Bertz CT molecular complexity index is 429. The monoisotopic (exact) mass is 278 g/mol. The van der Waals surface area contributed by atoms with Crippen LogP contribution in [0, 0.1) is 6.92 Å². The number of nitrogens with zero attached hydrogens (tertiary/aromatic N) is 3. The minimum absolute atomic E-state index is 0.319. The second-order valence-electron chi connectivity index (χ2n) is 5.65. The van der Waals surface area contributed by atoms with Gasteiger partial charge in [0.25, 0.3) is 0 Å². The van der Waals surface area contributed by atoms with Gasteiger partial charge in [-0.1, -0.05) is 0 Å². The maximum Gasteiger partial charge on any atom is 0.222 e. The van der Waals surface area contributed by atoms with E-state index in [4.69, 9.17) is 0 Å². The molecule has 0 radical (unpaired) electrons. The average Bonchev–Trinajstić information content (AvgIpc) is 2.84. The molecule has 5 heteroatoms. The van der Waals surface area contributed by atoms with Crippen LogP contribution in [0.4, 0.5) is 0 Å². The molecular weight excluding hydrogens is 252 g/mol. The molecule has 1 aromatic rings. The van der Waals surface area contributed by atoms with Gasteiger partial charge >= 0.3 is 0 Å². The fraction of sp³-hybridized carbons (Fsp3) is 0.733. The standard InChI is InChI=1S/C15H26N4O/c1-13(6-10-18-11-8-17-14(18)2)16-7-12-19-9-4-3-5-15(19)20/h8,11,13,16H,3-7,9-10,12H2,1-2H3/t13-/m0/s1. The number of likely N-dealkylation sites (tertiary alicyclic amines) is 1. The Labute approximate surface area is 121 Å². The first-order valence-corrected chi connectivity index (χ1v) is 7.65. The van der Waals surface area contributed by atoms with Gasteiger partial charge in [0.15, 0.2) is 0 Å². The van der Waals surface area contributed by atoms with Gasteiger partial charge in [0.2, 0.25) is 5.91 Å². The van der Waals surface area contributed by atoms with Gasteiger partial charge in [-0.05, 0) is 33.1 Å². The Balaban J connectivity index is 1.61. The Kier molecular flexibility index (Phi) is 5.59. The van der Waals surface area contributed by atoms with Gasteiger partial charge in [0.05, 0.1) is 0 Å². The van der Waals surface area contributed by atoms with E-state index in [9.17, 15) is 4.79 Å². The fourth-order valence-electron chi connectivity index (χ4n) is 2.62. The van der Waals surface area contributed by atoms with Crippen LogP contribution in [0.3, 0.4) is 0 Å². The maximum atomic E-state index is 11.7. The van der Waals surface area contributed by atoms with Crippen molar-refractivity contribution in [1.29, 1.82) is 0 Å². The van der Waals surface area contributed by atoms with E-state index >= 15 is 0 Å². The zero-order valence-electron chi connectivity index (χ0n) is 12.6. The molecule has 0 bridgehead atoms. The normalized spacial score (nSPS) is 17.5. The minimum atomic E-state index is 0.319. The first-order valence-electron chi connectivity index (χ1n) is 7.65. The third-order valence-corrected chi connectivity index (χ3v) is 4.02. The summed E-state index contributed by atoms with van der Waals surface area (Å²) in [6.45, 7) is 7.87. The van der Waals surface area contributed by atoms with Gasteiger partial charge in [0.1, 0.15) is 5.82 Å². The molecule has 2 heterocycles. The maximum absolute atomic E-state index is 11.7. The third kappa shape index (κ3) is 4.34. The van der Waals surface area contributed by atoms with Crippen molar-refractivity contribution >= 4 is 5.91 Å². The molecule has 0 saturated carbocycles. The van der Waals surface area contributed by atoms with Crippen LogP contribution in [0.1, 0.15) is 38.4 Å². The van der Waals surface area contributed by atoms with Crippen LogP contribution >= 0.6 is 0 Å². The van der Waals surface area contributed by atoms with E-state index in [0.717, 1.165) is 57.7 Å². The van der Waals surface area contributed by atoms with Crippen LogP contribution in [0.25, 0.3) is 0 Å². The van der Waals surface area contributed by atoms with Gasteiger partial charge in [-0.2, -0.15) is 0 Å². The van der Waals surface area contributed by atoms with Crippen molar-refractivity contribution in [2.75, 3.05) is 19.6 Å². The van der Waals surface area contributed by atoms with Crippen LogP contribution in [-0.2, 0) is 11.3 Å². The molecule has 5 nitrogen and oxygen atoms in total. The summed E-state index contributed by atoms with van der Waals surface area (Å²) in [5.74, 6) is 1.39. The summed E-state index contributed by atoms with van der Waals surface area (Å²) >= 11 is 0. The molecule has 0 aromatic carbocycles. The lowest BCUT2D eigenvalue weighted by Crippen LogP contribution is -2.41. The molecule has 0 spiro atoms. The van der Waals surface area contributed by atoms with E-state index in [2.05, 4.69) is 21.8 Å². The van der Waals surface area contributed by atoms with Crippen molar-refractivity contribution < 1.29 is 4.79 Å². The van der Waals surface area contributed by atoms with Crippen molar-refractivity contribution in [3.05, 3.63) is 18.2 Å². The molecule has 20 heavy (non-hydrogen) atoms. The summed E-state index contributed by atoms with van der Waals surface area (Å²) in [6.07, 6.45) is 7.88. The highest BCUT2D eigenvalue weighted by atomic mass is 16.2. The number of aromatic nitrogens is 2. The first kappa shape index (κ1) is 15.0. The van der Waals surface area contributed by atoms with Crippen LogP contribution in [0.5, 0.6) is 0 Å². The molecule has 1 N–H and O–H groups in total. The number of carbonyl (C=O) groups excluding carboxylic acids is 1. The molecular formula is C15H26N4O. The smallest absolute Gasteiger partial charge is 0.222 e. The lowest BCUT2D eigenvalue weighted by Gasteiger charge is -2.27. The average molecular weight is 278 g/mol. The number of carbonyl (C=O) groups is 1. The van der Waals surface area contributed by atoms with Crippen molar-refractivity contribution in [3.8, 4) is 0 Å². The van der Waals surface area contributed by atoms with E-state index < -0.39 is 0 Å². The number of hydrogen-bond donors (Lipinski definition) is 1. The molecule has 0 aliphatic carbocycles. The predicted octanol–water partition coefficient (Wildman–Crippen LogP) is 1.57. The topological polar surface area (TPSA) is 50.2 Å². The van der Waals surface area contributed by atoms with Crippen LogP contribution in [0.2, 0.25) is 0 Å². The first-order chi connectivity index (χ1) is 9.66. The van der Waals surface area contributed by atoms with E-state index in [0.29, 0.717) is 11.9 Å².